The highest BCUT2D eigenvalue weighted by molar-refractivity contribution is 5.75. The van der Waals surface area contributed by atoms with Gasteiger partial charge in [-0.05, 0) is 37.0 Å². The van der Waals surface area contributed by atoms with E-state index in [-0.39, 0.29) is 29.7 Å². The topological polar surface area (TPSA) is 72.6 Å². The summed E-state index contributed by atoms with van der Waals surface area (Å²) in [5.41, 5.74) is 5.97. The molecule has 7 heteroatoms. The number of fused-ring (bicyclic) bond motifs is 5. The van der Waals surface area contributed by atoms with Gasteiger partial charge in [-0.15, -0.1) is 0 Å². The van der Waals surface area contributed by atoms with Crippen molar-refractivity contribution in [2.24, 2.45) is 29.4 Å². The van der Waals surface area contributed by atoms with Crippen LogP contribution in [0.3, 0.4) is 0 Å². The Bertz CT molecular complexity index is 400. The van der Waals surface area contributed by atoms with Crippen LogP contribution in [0.25, 0.3) is 0 Å². The number of rotatable bonds is 1. The highest BCUT2D eigenvalue weighted by Crippen LogP contribution is 2.59. The van der Waals surface area contributed by atoms with Crippen LogP contribution in [0.1, 0.15) is 19.3 Å². The number of halogens is 3. The molecule has 0 aromatic carbocycles. The number of carbonyl (C=O) groups excluding carboxylic acids is 1. The lowest BCUT2D eigenvalue weighted by Crippen LogP contribution is -2.41. The van der Waals surface area contributed by atoms with Crippen molar-refractivity contribution < 1.29 is 27.8 Å². The summed E-state index contributed by atoms with van der Waals surface area (Å²) >= 11 is 0. The Kier molecular flexibility index (Phi) is 2.83. The van der Waals surface area contributed by atoms with E-state index in [9.17, 15) is 23.1 Å². The molecule has 3 saturated carbocycles. The molecular formula is C12H16F3NO3. The van der Waals surface area contributed by atoms with E-state index in [2.05, 4.69) is 4.74 Å². The molecule has 0 saturated heterocycles. The number of aliphatic hydroxyl groups excluding tert-OH is 1. The Morgan fingerprint density at radius 1 is 1.21 bits per heavy atom. The van der Waals surface area contributed by atoms with Crippen molar-refractivity contribution in [2.45, 2.75) is 43.7 Å². The van der Waals surface area contributed by atoms with Gasteiger partial charge >= 0.3 is 12.1 Å². The van der Waals surface area contributed by atoms with Gasteiger partial charge in [0.15, 0.2) is 0 Å². The molecule has 3 aliphatic rings. The molecule has 0 aliphatic heterocycles. The second-order valence-electron chi connectivity index (χ2n) is 5.97. The molecule has 108 valence electrons. The molecule has 0 spiro atoms. The molecule has 0 radical (unpaired) electrons. The molecule has 3 fully saturated rings. The van der Waals surface area contributed by atoms with E-state index in [0.717, 1.165) is 12.8 Å². The van der Waals surface area contributed by atoms with Crippen molar-refractivity contribution in [3.05, 3.63) is 0 Å². The number of hydrogen-bond acceptors (Lipinski definition) is 4. The third kappa shape index (κ3) is 1.94. The van der Waals surface area contributed by atoms with Gasteiger partial charge in [-0.3, -0.25) is 0 Å². The summed E-state index contributed by atoms with van der Waals surface area (Å²) in [5.74, 6) is -1.85. The van der Waals surface area contributed by atoms with E-state index in [1.807, 2.05) is 0 Å². The van der Waals surface area contributed by atoms with Crippen LogP contribution in [0.4, 0.5) is 13.2 Å². The Morgan fingerprint density at radius 3 is 2.53 bits per heavy atom. The van der Waals surface area contributed by atoms with Crippen molar-refractivity contribution in [1.82, 2.24) is 0 Å². The lowest BCUT2D eigenvalue weighted by Gasteiger charge is -2.31. The zero-order valence-corrected chi connectivity index (χ0v) is 10.1. The van der Waals surface area contributed by atoms with Gasteiger partial charge in [0.2, 0.25) is 0 Å². The van der Waals surface area contributed by atoms with Crippen molar-refractivity contribution in [2.75, 3.05) is 0 Å². The average molecular weight is 279 g/mol. The van der Waals surface area contributed by atoms with Crippen LogP contribution in [0.5, 0.6) is 0 Å². The van der Waals surface area contributed by atoms with Gasteiger partial charge in [0.1, 0.15) is 6.10 Å². The first kappa shape index (κ1) is 13.2. The van der Waals surface area contributed by atoms with Crippen LogP contribution in [-0.2, 0) is 9.53 Å². The van der Waals surface area contributed by atoms with Crippen molar-refractivity contribution in [3.63, 3.8) is 0 Å². The Morgan fingerprint density at radius 2 is 1.89 bits per heavy atom. The minimum absolute atomic E-state index is 0.0653. The van der Waals surface area contributed by atoms with E-state index in [4.69, 9.17) is 5.73 Å². The van der Waals surface area contributed by atoms with Gasteiger partial charge in [0, 0.05) is 12.0 Å². The van der Waals surface area contributed by atoms with Crippen LogP contribution >= 0.6 is 0 Å². The standard InChI is InChI=1S/C12H16F3NO3/c13-12(14,15)11(18)19-10-8(17)3-6-5-1-4(9(6)10)2-7(5)16/h4-10,17H,1-3,16H2. The number of aliphatic hydroxyl groups is 1. The fourth-order valence-corrected chi connectivity index (χ4v) is 4.45. The summed E-state index contributed by atoms with van der Waals surface area (Å²) in [7, 11) is 0. The molecule has 7 unspecified atom stereocenters. The largest absolute Gasteiger partial charge is 0.490 e. The molecule has 4 nitrogen and oxygen atoms in total. The first-order valence-corrected chi connectivity index (χ1v) is 6.50. The third-order valence-corrected chi connectivity index (χ3v) is 5.04. The van der Waals surface area contributed by atoms with Crippen LogP contribution in [0, 0.1) is 23.7 Å². The second-order valence-corrected chi connectivity index (χ2v) is 5.97. The van der Waals surface area contributed by atoms with Gasteiger partial charge in [-0.1, -0.05) is 0 Å². The first-order valence-electron chi connectivity index (χ1n) is 6.50. The fourth-order valence-electron chi connectivity index (χ4n) is 4.45. The second kappa shape index (κ2) is 4.09. The highest BCUT2D eigenvalue weighted by atomic mass is 19.4. The summed E-state index contributed by atoms with van der Waals surface area (Å²) in [6.45, 7) is 0. The van der Waals surface area contributed by atoms with Crippen molar-refractivity contribution in [1.29, 1.82) is 0 Å². The Labute approximate surface area is 108 Å². The average Bonchev–Trinajstić information content (AvgIpc) is 2.89. The van der Waals surface area contributed by atoms with Crippen LogP contribution in [0.15, 0.2) is 0 Å². The van der Waals surface area contributed by atoms with Crippen molar-refractivity contribution >= 4 is 5.97 Å². The lowest BCUT2D eigenvalue weighted by atomic mass is 9.79. The summed E-state index contributed by atoms with van der Waals surface area (Å²) in [6, 6.07) is 0.0653. The maximum Gasteiger partial charge on any atom is 0.490 e. The number of hydrogen-bond donors (Lipinski definition) is 2. The molecule has 7 atom stereocenters. The lowest BCUT2D eigenvalue weighted by molar-refractivity contribution is -0.211. The van der Waals surface area contributed by atoms with Crippen LogP contribution in [0.2, 0.25) is 0 Å². The van der Waals surface area contributed by atoms with Gasteiger partial charge < -0.3 is 15.6 Å². The molecule has 0 amide bonds. The zero-order chi connectivity index (χ0) is 13.9. The number of carbonyl (C=O) groups is 1. The Balaban J connectivity index is 1.75. The summed E-state index contributed by atoms with van der Waals surface area (Å²) in [6.07, 6.45) is -5.03. The predicted octanol–water partition coefficient (Wildman–Crippen LogP) is 0.825. The molecular weight excluding hydrogens is 263 g/mol. The predicted molar refractivity (Wildman–Crippen MR) is 57.7 cm³/mol. The van der Waals surface area contributed by atoms with Crippen LogP contribution in [-0.4, -0.2) is 35.5 Å². The molecule has 3 N–H and O–H groups in total. The first-order chi connectivity index (χ1) is 8.79. The zero-order valence-electron chi connectivity index (χ0n) is 10.1. The van der Waals surface area contributed by atoms with Crippen molar-refractivity contribution in [3.8, 4) is 0 Å². The van der Waals surface area contributed by atoms with Gasteiger partial charge in [-0.25, -0.2) is 4.79 Å². The van der Waals surface area contributed by atoms with Gasteiger partial charge in [0.05, 0.1) is 6.10 Å². The minimum atomic E-state index is -5.01. The van der Waals surface area contributed by atoms with E-state index in [0.29, 0.717) is 6.42 Å². The summed E-state index contributed by atoms with van der Waals surface area (Å²) in [5, 5.41) is 9.87. The summed E-state index contributed by atoms with van der Waals surface area (Å²) in [4.78, 5) is 10.9. The maximum atomic E-state index is 12.2. The minimum Gasteiger partial charge on any atom is -0.453 e. The number of alkyl halides is 3. The van der Waals surface area contributed by atoms with E-state index < -0.39 is 24.4 Å². The van der Waals surface area contributed by atoms with E-state index in [1.54, 1.807) is 0 Å². The molecule has 3 aliphatic carbocycles. The normalized spacial score (nSPS) is 48.4. The molecule has 0 heterocycles. The molecule has 0 aromatic rings. The number of ether oxygens (including phenoxy) is 1. The van der Waals surface area contributed by atoms with E-state index in [1.165, 1.54) is 0 Å². The number of nitrogens with two attached hydrogens (primary N) is 1. The SMILES string of the molecule is NC1CC2CC1C1CC(O)C(OC(=O)C(F)(F)F)C21. The smallest absolute Gasteiger partial charge is 0.453 e. The highest BCUT2D eigenvalue weighted by Gasteiger charge is 2.61. The molecule has 19 heavy (non-hydrogen) atoms. The quantitative estimate of drug-likeness (QED) is 0.697. The molecule has 2 bridgehead atoms. The van der Waals surface area contributed by atoms with Crippen LogP contribution < -0.4 is 5.73 Å². The molecule has 3 rings (SSSR count). The third-order valence-electron chi connectivity index (χ3n) is 5.04. The number of esters is 1. The fraction of sp³-hybridized carbons (Fsp3) is 0.917. The van der Waals surface area contributed by atoms with Gasteiger partial charge in [-0.2, -0.15) is 13.2 Å². The Hall–Kier alpha value is -0.820. The molecule has 0 aromatic heterocycles. The van der Waals surface area contributed by atoms with E-state index >= 15 is 0 Å². The van der Waals surface area contributed by atoms with Gasteiger partial charge in [0.25, 0.3) is 0 Å². The maximum absolute atomic E-state index is 12.2. The summed E-state index contributed by atoms with van der Waals surface area (Å²) < 4.78 is 41.3. The monoisotopic (exact) mass is 279 g/mol.